The highest BCUT2D eigenvalue weighted by Crippen LogP contribution is 2.50. The van der Waals surface area contributed by atoms with Gasteiger partial charge in [-0.25, -0.2) is 4.79 Å². The Morgan fingerprint density at radius 3 is 2.47 bits per heavy atom. The molecule has 0 aromatic heterocycles. The summed E-state index contributed by atoms with van der Waals surface area (Å²) >= 11 is 0. The van der Waals surface area contributed by atoms with E-state index in [1.54, 1.807) is 6.07 Å². The number of isocyanates is 1. The van der Waals surface area contributed by atoms with Crippen molar-refractivity contribution in [2.45, 2.75) is 31.5 Å². The lowest BCUT2D eigenvalue weighted by Gasteiger charge is -2.14. The molecule has 0 N–H and O–H groups in total. The molecular weight excluding hydrogens is 231 g/mol. The molecule has 1 aromatic carbocycles. The maximum Gasteiger partial charge on any atom is 0.416 e. The Balaban J connectivity index is 2.49. The van der Waals surface area contributed by atoms with Gasteiger partial charge in [-0.3, -0.25) is 0 Å². The van der Waals surface area contributed by atoms with E-state index in [0.717, 1.165) is 6.07 Å². The molecule has 2 rings (SSSR count). The predicted octanol–water partition coefficient (Wildman–Crippen LogP) is 3.34. The molecule has 0 radical (unpaired) electrons. The molecule has 2 nitrogen and oxygen atoms in total. The van der Waals surface area contributed by atoms with Gasteiger partial charge in [-0.05, 0) is 37.0 Å². The second kappa shape index (κ2) is 3.70. The molecule has 90 valence electrons. The van der Waals surface area contributed by atoms with E-state index < -0.39 is 17.3 Å². The fraction of sp³-hybridized carbons (Fsp3) is 0.417. The van der Waals surface area contributed by atoms with Gasteiger partial charge in [0.2, 0.25) is 6.08 Å². The van der Waals surface area contributed by atoms with Crippen molar-refractivity contribution in [1.82, 2.24) is 0 Å². The maximum atomic E-state index is 12.7. The fourth-order valence-corrected chi connectivity index (χ4v) is 1.89. The molecule has 1 aliphatic rings. The molecule has 0 bridgehead atoms. The molecule has 1 aromatic rings. The van der Waals surface area contributed by atoms with Gasteiger partial charge in [-0.1, -0.05) is 12.1 Å². The van der Waals surface area contributed by atoms with Crippen LogP contribution in [0, 0.1) is 6.92 Å². The van der Waals surface area contributed by atoms with Crippen LogP contribution in [0.5, 0.6) is 0 Å². The fourth-order valence-electron chi connectivity index (χ4n) is 1.89. The Hall–Kier alpha value is -1.61. The van der Waals surface area contributed by atoms with Gasteiger partial charge in [0.05, 0.1) is 11.1 Å². The summed E-state index contributed by atoms with van der Waals surface area (Å²) in [6.07, 6.45) is -1.74. The van der Waals surface area contributed by atoms with Crippen LogP contribution < -0.4 is 0 Å². The van der Waals surface area contributed by atoms with Crippen LogP contribution in [0.1, 0.15) is 29.5 Å². The smallest absolute Gasteiger partial charge is 0.211 e. The van der Waals surface area contributed by atoms with Crippen molar-refractivity contribution in [1.29, 1.82) is 0 Å². The molecule has 0 spiro atoms. The summed E-state index contributed by atoms with van der Waals surface area (Å²) in [4.78, 5) is 13.9. The van der Waals surface area contributed by atoms with E-state index in [1.165, 1.54) is 19.1 Å². The lowest BCUT2D eigenvalue weighted by molar-refractivity contribution is -0.138. The van der Waals surface area contributed by atoms with E-state index >= 15 is 0 Å². The molecule has 0 atom stereocenters. The van der Waals surface area contributed by atoms with Crippen molar-refractivity contribution in [2.24, 2.45) is 4.99 Å². The normalized spacial score (nSPS) is 17.4. The molecule has 1 fully saturated rings. The minimum Gasteiger partial charge on any atom is -0.211 e. The third-order valence-electron chi connectivity index (χ3n) is 3.06. The molecule has 0 heterocycles. The highest BCUT2D eigenvalue weighted by Gasteiger charge is 2.46. The predicted molar refractivity (Wildman–Crippen MR) is 55.2 cm³/mol. The van der Waals surface area contributed by atoms with Gasteiger partial charge in [0.25, 0.3) is 0 Å². The van der Waals surface area contributed by atoms with Crippen LogP contribution in [0.4, 0.5) is 13.2 Å². The molecule has 1 saturated carbocycles. The van der Waals surface area contributed by atoms with Gasteiger partial charge in [-0.15, -0.1) is 0 Å². The van der Waals surface area contributed by atoms with Crippen molar-refractivity contribution >= 4 is 6.08 Å². The Kier molecular flexibility index (Phi) is 2.59. The molecular formula is C12H10F3NO. The first kappa shape index (κ1) is 11.9. The van der Waals surface area contributed by atoms with Crippen LogP contribution in [0.3, 0.4) is 0 Å². The second-order valence-electron chi connectivity index (χ2n) is 4.26. The van der Waals surface area contributed by atoms with E-state index in [0.29, 0.717) is 18.4 Å². The van der Waals surface area contributed by atoms with Crippen molar-refractivity contribution in [3.63, 3.8) is 0 Å². The molecule has 1 aliphatic carbocycles. The van der Waals surface area contributed by atoms with E-state index in [-0.39, 0.29) is 5.56 Å². The molecule has 0 amide bonds. The van der Waals surface area contributed by atoms with Crippen molar-refractivity contribution < 1.29 is 18.0 Å². The highest BCUT2D eigenvalue weighted by atomic mass is 19.4. The first-order chi connectivity index (χ1) is 7.89. The largest absolute Gasteiger partial charge is 0.416 e. The number of hydrogen-bond donors (Lipinski definition) is 0. The van der Waals surface area contributed by atoms with Gasteiger partial charge in [-0.2, -0.15) is 18.2 Å². The molecule has 5 heteroatoms. The summed E-state index contributed by atoms with van der Waals surface area (Å²) in [5, 5.41) is 0. The van der Waals surface area contributed by atoms with E-state index in [9.17, 15) is 18.0 Å². The van der Waals surface area contributed by atoms with E-state index in [2.05, 4.69) is 4.99 Å². The number of rotatable bonds is 2. The van der Waals surface area contributed by atoms with Crippen LogP contribution >= 0.6 is 0 Å². The summed E-state index contributed by atoms with van der Waals surface area (Å²) < 4.78 is 38.1. The van der Waals surface area contributed by atoms with Crippen molar-refractivity contribution in [3.05, 3.63) is 34.9 Å². The number of nitrogens with zero attached hydrogens (tertiary/aromatic N) is 1. The van der Waals surface area contributed by atoms with Gasteiger partial charge < -0.3 is 0 Å². The molecule has 0 unspecified atom stereocenters. The highest BCUT2D eigenvalue weighted by molar-refractivity contribution is 5.44. The van der Waals surface area contributed by atoms with Gasteiger partial charge >= 0.3 is 6.18 Å². The molecule has 0 aliphatic heterocycles. The van der Waals surface area contributed by atoms with E-state index in [1.807, 2.05) is 0 Å². The zero-order chi connectivity index (χ0) is 12.7. The maximum absolute atomic E-state index is 12.7. The Morgan fingerprint density at radius 1 is 1.35 bits per heavy atom. The van der Waals surface area contributed by atoms with Crippen LogP contribution in [0.15, 0.2) is 23.2 Å². The summed E-state index contributed by atoms with van der Waals surface area (Å²) in [5.74, 6) is 0. The van der Waals surface area contributed by atoms with Gasteiger partial charge in [0, 0.05) is 0 Å². The van der Waals surface area contributed by atoms with E-state index in [4.69, 9.17) is 0 Å². The minimum atomic E-state index is -4.37. The number of aliphatic imine (C=N–C) groups is 1. The number of halogens is 3. The monoisotopic (exact) mass is 241 g/mol. The van der Waals surface area contributed by atoms with Crippen LogP contribution in [0.25, 0.3) is 0 Å². The van der Waals surface area contributed by atoms with Crippen LogP contribution in [0.2, 0.25) is 0 Å². The second-order valence-corrected chi connectivity index (χ2v) is 4.26. The first-order valence-corrected chi connectivity index (χ1v) is 5.16. The summed E-state index contributed by atoms with van der Waals surface area (Å²) in [6, 6.07) is 4.10. The summed E-state index contributed by atoms with van der Waals surface area (Å²) in [5.41, 5.74) is -0.802. The standard InChI is InChI=1S/C12H10F3NO/c1-8-2-3-9(6-10(8)12(13,14)15)11(4-5-11)16-7-17/h2-3,6H,4-5H2,1H3. The average molecular weight is 241 g/mol. The minimum absolute atomic E-state index is 0.173. The van der Waals surface area contributed by atoms with Gasteiger partial charge in [0.15, 0.2) is 0 Å². The van der Waals surface area contributed by atoms with Crippen LogP contribution in [-0.2, 0) is 16.5 Å². The lowest BCUT2D eigenvalue weighted by Crippen LogP contribution is -2.11. The number of carbonyl (C=O) groups excluding carboxylic acids is 1. The average Bonchev–Trinajstić information content (AvgIpc) is 2.98. The third-order valence-corrected chi connectivity index (χ3v) is 3.06. The molecule has 0 saturated heterocycles. The Bertz CT molecular complexity index is 497. The number of aryl methyl sites for hydroxylation is 1. The quantitative estimate of drug-likeness (QED) is 0.576. The molecule has 17 heavy (non-hydrogen) atoms. The third kappa shape index (κ3) is 2.11. The topological polar surface area (TPSA) is 29.4 Å². The van der Waals surface area contributed by atoms with Gasteiger partial charge in [0.1, 0.15) is 0 Å². The Morgan fingerprint density at radius 2 is 2.00 bits per heavy atom. The first-order valence-electron chi connectivity index (χ1n) is 5.16. The number of hydrogen-bond acceptors (Lipinski definition) is 2. The Labute approximate surface area is 96.2 Å². The van der Waals surface area contributed by atoms with Crippen LogP contribution in [-0.4, -0.2) is 6.08 Å². The number of alkyl halides is 3. The zero-order valence-corrected chi connectivity index (χ0v) is 9.14. The number of benzene rings is 1. The summed E-state index contributed by atoms with van der Waals surface area (Å²) in [7, 11) is 0. The SMILES string of the molecule is Cc1ccc(C2(N=C=O)CC2)cc1C(F)(F)F. The zero-order valence-electron chi connectivity index (χ0n) is 9.14. The lowest BCUT2D eigenvalue weighted by atomic mass is 9.99. The van der Waals surface area contributed by atoms with Crippen molar-refractivity contribution in [2.75, 3.05) is 0 Å². The summed E-state index contributed by atoms with van der Waals surface area (Å²) in [6.45, 7) is 1.41. The van der Waals surface area contributed by atoms with Crippen molar-refractivity contribution in [3.8, 4) is 0 Å².